The normalized spacial score (nSPS) is 12.0. The summed E-state index contributed by atoms with van der Waals surface area (Å²) in [6.07, 6.45) is 0. The Morgan fingerprint density at radius 2 is 1.68 bits per heavy atom. The zero-order valence-electron chi connectivity index (χ0n) is 13.2. The van der Waals surface area contributed by atoms with Crippen molar-refractivity contribution in [2.45, 2.75) is 20.4 Å². The first-order chi connectivity index (χ1) is 10.4. The lowest BCUT2D eigenvalue weighted by molar-refractivity contribution is -0.885. The number of carbonyl (C=O) groups is 1. The fourth-order valence-electron chi connectivity index (χ4n) is 2.59. The molecule has 0 aliphatic rings. The third-order valence-corrected chi connectivity index (χ3v) is 3.38. The second-order valence-corrected chi connectivity index (χ2v) is 5.86. The average molecular weight is 301 g/mol. The number of hydrogen-bond donors (Lipinski definition) is 2. The second-order valence-electron chi connectivity index (χ2n) is 5.86. The van der Waals surface area contributed by atoms with Crippen LogP contribution in [0.25, 0.3) is 0 Å². The zero-order chi connectivity index (χ0) is 16.1. The largest absolute Gasteiger partial charge is 0.326 e. The molecule has 2 aromatic carbocycles. The fraction of sp³-hybridized carbons (Fsp3) is 0.278. The first-order valence-corrected chi connectivity index (χ1v) is 7.36. The minimum atomic E-state index is -0.310. The Hall–Kier alpha value is -2.20. The van der Waals surface area contributed by atoms with Gasteiger partial charge in [0.2, 0.25) is 0 Å². The van der Waals surface area contributed by atoms with Crippen LogP contribution in [0.4, 0.5) is 10.1 Å². The van der Waals surface area contributed by atoms with Crippen LogP contribution in [0.5, 0.6) is 0 Å². The summed E-state index contributed by atoms with van der Waals surface area (Å²) in [7, 11) is 1.99. The predicted molar refractivity (Wildman–Crippen MR) is 86.4 cm³/mol. The van der Waals surface area contributed by atoms with Gasteiger partial charge < -0.3 is 10.2 Å². The topological polar surface area (TPSA) is 33.5 Å². The Kier molecular flexibility index (Phi) is 5.28. The van der Waals surface area contributed by atoms with E-state index in [1.807, 2.05) is 7.05 Å². The number of likely N-dealkylation sites (N-methyl/N-ethyl adjacent to an activating group) is 1. The number of anilines is 1. The Balaban J connectivity index is 1.89. The van der Waals surface area contributed by atoms with Crippen LogP contribution in [0.15, 0.2) is 42.5 Å². The lowest BCUT2D eigenvalue weighted by Gasteiger charge is -2.14. The van der Waals surface area contributed by atoms with E-state index in [9.17, 15) is 9.18 Å². The molecule has 2 N–H and O–H groups in total. The van der Waals surface area contributed by atoms with E-state index in [0.29, 0.717) is 12.2 Å². The minimum Gasteiger partial charge on any atom is -0.326 e. The molecule has 0 fully saturated rings. The van der Waals surface area contributed by atoms with E-state index in [0.717, 1.165) is 11.4 Å². The molecule has 0 spiro atoms. The van der Waals surface area contributed by atoms with Crippen LogP contribution in [-0.2, 0) is 11.3 Å². The van der Waals surface area contributed by atoms with E-state index in [1.54, 1.807) is 12.1 Å². The van der Waals surface area contributed by atoms with Gasteiger partial charge in [0, 0.05) is 11.3 Å². The molecule has 0 aliphatic carbocycles. The van der Waals surface area contributed by atoms with E-state index in [4.69, 9.17) is 0 Å². The zero-order valence-corrected chi connectivity index (χ0v) is 13.2. The third kappa shape index (κ3) is 4.97. The number of rotatable bonds is 5. The molecule has 0 saturated carbocycles. The molecule has 1 unspecified atom stereocenters. The van der Waals surface area contributed by atoms with Crippen LogP contribution in [-0.4, -0.2) is 19.5 Å². The monoisotopic (exact) mass is 301 g/mol. The highest BCUT2D eigenvalue weighted by Crippen LogP contribution is 2.08. The molecule has 2 rings (SSSR count). The van der Waals surface area contributed by atoms with Gasteiger partial charge in [0.05, 0.1) is 7.05 Å². The molecule has 22 heavy (non-hydrogen) atoms. The maximum atomic E-state index is 12.8. The van der Waals surface area contributed by atoms with Crippen LogP contribution in [0.1, 0.15) is 16.7 Å². The highest BCUT2D eigenvalue weighted by Gasteiger charge is 2.11. The number of carbonyl (C=O) groups excluding carboxylic acids is 1. The molecule has 116 valence electrons. The Morgan fingerprint density at radius 3 is 2.27 bits per heavy atom. The SMILES string of the molecule is Cc1cc(C)cc(C[NH+](C)CC(=O)Nc2ccc(F)cc2)c1. The van der Waals surface area contributed by atoms with Gasteiger partial charge >= 0.3 is 0 Å². The summed E-state index contributed by atoms with van der Waals surface area (Å²) >= 11 is 0. The van der Waals surface area contributed by atoms with Crippen molar-refractivity contribution in [3.63, 3.8) is 0 Å². The summed E-state index contributed by atoms with van der Waals surface area (Å²) in [5.41, 5.74) is 4.31. The van der Waals surface area contributed by atoms with Gasteiger partial charge in [0.15, 0.2) is 6.54 Å². The van der Waals surface area contributed by atoms with E-state index < -0.39 is 0 Å². The maximum Gasteiger partial charge on any atom is 0.279 e. The van der Waals surface area contributed by atoms with Crippen LogP contribution in [0.3, 0.4) is 0 Å². The van der Waals surface area contributed by atoms with Crippen LogP contribution >= 0.6 is 0 Å². The molecule has 1 amide bonds. The van der Waals surface area contributed by atoms with Crippen LogP contribution in [0.2, 0.25) is 0 Å². The van der Waals surface area contributed by atoms with E-state index >= 15 is 0 Å². The lowest BCUT2D eigenvalue weighted by Crippen LogP contribution is -3.08. The third-order valence-electron chi connectivity index (χ3n) is 3.38. The summed E-state index contributed by atoms with van der Waals surface area (Å²) < 4.78 is 12.8. The summed E-state index contributed by atoms with van der Waals surface area (Å²) in [5.74, 6) is -0.385. The highest BCUT2D eigenvalue weighted by atomic mass is 19.1. The molecule has 2 aromatic rings. The van der Waals surface area contributed by atoms with Gasteiger partial charge in [-0.15, -0.1) is 0 Å². The molecular formula is C18H22FN2O+. The van der Waals surface area contributed by atoms with Gasteiger partial charge in [0.1, 0.15) is 12.4 Å². The Morgan fingerprint density at radius 1 is 1.09 bits per heavy atom. The molecule has 0 saturated heterocycles. The Bertz CT molecular complexity index is 632. The summed E-state index contributed by atoms with van der Waals surface area (Å²) in [5, 5.41) is 2.78. The number of quaternary nitrogens is 1. The average Bonchev–Trinajstić information content (AvgIpc) is 2.39. The quantitative estimate of drug-likeness (QED) is 0.871. The molecular weight excluding hydrogens is 279 g/mol. The van der Waals surface area contributed by atoms with Crippen molar-refractivity contribution in [1.29, 1.82) is 0 Å². The molecule has 0 aromatic heterocycles. The van der Waals surface area contributed by atoms with E-state index in [-0.39, 0.29) is 11.7 Å². The van der Waals surface area contributed by atoms with Crippen LogP contribution < -0.4 is 10.2 Å². The summed E-state index contributed by atoms with van der Waals surface area (Å²) in [6, 6.07) is 12.2. The highest BCUT2D eigenvalue weighted by molar-refractivity contribution is 5.91. The van der Waals surface area contributed by atoms with Gasteiger partial charge in [-0.05, 0) is 38.1 Å². The predicted octanol–water partition coefficient (Wildman–Crippen LogP) is 2.10. The molecule has 0 bridgehead atoms. The van der Waals surface area contributed by atoms with Crippen molar-refractivity contribution in [1.82, 2.24) is 0 Å². The number of nitrogens with one attached hydrogen (secondary N) is 2. The van der Waals surface area contributed by atoms with Gasteiger partial charge in [0.25, 0.3) is 5.91 Å². The van der Waals surface area contributed by atoms with Crippen molar-refractivity contribution in [3.8, 4) is 0 Å². The van der Waals surface area contributed by atoms with Gasteiger partial charge in [-0.1, -0.05) is 29.3 Å². The molecule has 4 heteroatoms. The van der Waals surface area contributed by atoms with Crippen molar-refractivity contribution in [2.75, 3.05) is 18.9 Å². The van der Waals surface area contributed by atoms with Gasteiger partial charge in [-0.3, -0.25) is 4.79 Å². The number of halogens is 1. The standard InChI is InChI=1S/C18H21FN2O/c1-13-8-14(2)10-15(9-13)11-21(3)12-18(22)20-17-6-4-16(19)5-7-17/h4-10H,11-12H2,1-3H3,(H,20,22)/p+1. The molecule has 1 atom stereocenters. The number of amides is 1. The van der Waals surface area contributed by atoms with E-state index in [2.05, 4.69) is 37.4 Å². The Labute approximate surface area is 130 Å². The number of aryl methyl sites for hydroxylation is 2. The van der Waals surface area contributed by atoms with Crippen LogP contribution in [0, 0.1) is 19.7 Å². The number of benzene rings is 2. The molecule has 0 radical (unpaired) electrons. The van der Waals surface area contributed by atoms with Crippen molar-refractivity contribution < 1.29 is 14.1 Å². The van der Waals surface area contributed by atoms with E-state index in [1.165, 1.54) is 28.8 Å². The van der Waals surface area contributed by atoms with Gasteiger partial charge in [-0.2, -0.15) is 0 Å². The molecule has 0 aliphatic heterocycles. The maximum absolute atomic E-state index is 12.8. The first kappa shape index (κ1) is 16.2. The van der Waals surface area contributed by atoms with Gasteiger partial charge in [-0.25, -0.2) is 4.39 Å². The van der Waals surface area contributed by atoms with Crippen molar-refractivity contribution in [3.05, 3.63) is 65.0 Å². The first-order valence-electron chi connectivity index (χ1n) is 7.36. The second kappa shape index (κ2) is 7.18. The minimum absolute atomic E-state index is 0.0755. The molecule has 0 heterocycles. The fourth-order valence-corrected chi connectivity index (χ4v) is 2.59. The number of hydrogen-bond acceptors (Lipinski definition) is 1. The van der Waals surface area contributed by atoms with Crippen molar-refractivity contribution >= 4 is 11.6 Å². The summed E-state index contributed by atoms with van der Waals surface area (Å²) in [6.45, 7) is 5.31. The molecule has 3 nitrogen and oxygen atoms in total. The smallest absolute Gasteiger partial charge is 0.279 e. The summed E-state index contributed by atoms with van der Waals surface area (Å²) in [4.78, 5) is 13.1. The van der Waals surface area contributed by atoms with Crippen molar-refractivity contribution in [2.24, 2.45) is 0 Å². The lowest BCUT2D eigenvalue weighted by atomic mass is 10.1.